The van der Waals surface area contributed by atoms with E-state index in [1.807, 2.05) is 0 Å². The van der Waals surface area contributed by atoms with Crippen LogP contribution in [0, 0.1) is 11.8 Å². The highest BCUT2D eigenvalue weighted by atomic mass is 19.4. The van der Waals surface area contributed by atoms with Crippen LogP contribution >= 0.6 is 0 Å². The molecule has 12 heteroatoms. The molecule has 1 saturated heterocycles. The summed E-state index contributed by atoms with van der Waals surface area (Å²) in [5.74, 6) is -0.937. The number of rotatable bonds is 9. The van der Waals surface area contributed by atoms with E-state index in [9.17, 15) is 23.1 Å². The first-order valence-corrected chi connectivity index (χ1v) is 12.2. The molecule has 3 aromatic rings. The van der Waals surface area contributed by atoms with Gasteiger partial charge in [-0.25, -0.2) is 0 Å². The summed E-state index contributed by atoms with van der Waals surface area (Å²) in [6, 6.07) is 6.75. The van der Waals surface area contributed by atoms with E-state index in [0.29, 0.717) is 24.2 Å². The van der Waals surface area contributed by atoms with Crippen molar-refractivity contribution in [3.05, 3.63) is 41.7 Å². The highest BCUT2D eigenvalue weighted by Crippen LogP contribution is 2.37. The molecule has 0 amide bonds. The molecule has 2 aromatic heterocycles. The second-order valence-corrected chi connectivity index (χ2v) is 9.91. The van der Waals surface area contributed by atoms with Crippen molar-refractivity contribution < 1.29 is 32.7 Å². The van der Waals surface area contributed by atoms with Crippen LogP contribution in [0.3, 0.4) is 0 Å². The van der Waals surface area contributed by atoms with Gasteiger partial charge in [0.15, 0.2) is 5.69 Å². The number of likely N-dealkylation sites (tertiary alicyclic amines) is 1. The van der Waals surface area contributed by atoms with Gasteiger partial charge in [0.05, 0.1) is 17.9 Å². The second-order valence-electron chi connectivity index (χ2n) is 9.91. The van der Waals surface area contributed by atoms with Crippen molar-refractivity contribution in [2.45, 2.75) is 51.9 Å². The number of aliphatic hydroxyl groups excluding tert-OH is 1. The summed E-state index contributed by atoms with van der Waals surface area (Å²) in [5.41, 5.74) is -0.0319. The third-order valence-electron chi connectivity index (χ3n) is 6.35. The number of carboxylic acids is 1. The lowest BCUT2D eigenvalue weighted by Gasteiger charge is -2.33. The summed E-state index contributed by atoms with van der Waals surface area (Å²) in [7, 11) is 0. The van der Waals surface area contributed by atoms with E-state index in [1.54, 1.807) is 38.1 Å². The van der Waals surface area contributed by atoms with Gasteiger partial charge in [-0.05, 0) is 36.8 Å². The molecule has 0 aliphatic carbocycles. The highest BCUT2D eigenvalue weighted by Gasteiger charge is 2.40. The van der Waals surface area contributed by atoms with Crippen LogP contribution in [0.4, 0.5) is 13.2 Å². The Kier molecular flexibility index (Phi) is 7.98. The van der Waals surface area contributed by atoms with Crippen molar-refractivity contribution in [1.29, 1.82) is 0 Å². The maximum atomic E-state index is 13.8. The number of alkyl halides is 3. The lowest BCUT2D eigenvalue weighted by Crippen LogP contribution is -2.38. The van der Waals surface area contributed by atoms with E-state index in [2.05, 4.69) is 20.1 Å². The number of hydrogen-bond acceptors (Lipinski definition) is 7. The van der Waals surface area contributed by atoms with Gasteiger partial charge in [-0.2, -0.15) is 23.3 Å². The van der Waals surface area contributed by atoms with Crippen molar-refractivity contribution in [2.24, 2.45) is 11.8 Å². The monoisotopic (exact) mass is 521 g/mol. The Hall–Kier alpha value is -3.25. The zero-order valence-electron chi connectivity index (χ0n) is 20.6. The van der Waals surface area contributed by atoms with Gasteiger partial charge in [-0.15, -0.1) is 0 Å². The highest BCUT2D eigenvalue weighted by molar-refractivity contribution is 5.67. The van der Waals surface area contributed by atoms with Crippen LogP contribution in [-0.4, -0.2) is 60.6 Å². The van der Waals surface area contributed by atoms with Gasteiger partial charge in [0.2, 0.25) is 5.82 Å². The largest absolute Gasteiger partial charge is 0.481 e. The van der Waals surface area contributed by atoms with Gasteiger partial charge in [0.25, 0.3) is 5.89 Å². The Labute approximate surface area is 211 Å². The summed E-state index contributed by atoms with van der Waals surface area (Å²) in [5, 5.41) is 27.5. The number of aromatic nitrogens is 4. The summed E-state index contributed by atoms with van der Waals surface area (Å²) in [6.45, 7) is 5.50. The fourth-order valence-electron chi connectivity index (χ4n) is 4.71. The number of β-amino-alcohol motifs (C(OH)–C–C–N with tert-alkyl or cyclic N) is 1. The molecule has 1 fully saturated rings. The SMILES string of the molecule is CC(C)Cn1ncc(-c2nc(-c3ccc([C@H](O)CN4CCC[C@H](CC(=O)O)C4)cc3)no2)c1C(F)(F)F. The summed E-state index contributed by atoms with van der Waals surface area (Å²) >= 11 is 0. The molecule has 1 aromatic carbocycles. The van der Waals surface area contributed by atoms with Crippen molar-refractivity contribution in [2.75, 3.05) is 19.6 Å². The molecule has 0 saturated carbocycles. The molecule has 0 bridgehead atoms. The molecule has 3 heterocycles. The Morgan fingerprint density at radius 1 is 1.22 bits per heavy atom. The van der Waals surface area contributed by atoms with E-state index in [4.69, 9.17) is 9.63 Å². The average molecular weight is 522 g/mol. The molecule has 0 radical (unpaired) electrons. The van der Waals surface area contributed by atoms with Crippen LogP contribution in [0.5, 0.6) is 0 Å². The molecule has 200 valence electrons. The van der Waals surface area contributed by atoms with Gasteiger partial charge >= 0.3 is 12.1 Å². The van der Waals surface area contributed by atoms with E-state index < -0.39 is 23.9 Å². The van der Waals surface area contributed by atoms with Gasteiger partial charge < -0.3 is 19.6 Å². The minimum absolute atomic E-state index is 0.0398. The fourth-order valence-corrected chi connectivity index (χ4v) is 4.71. The smallest absolute Gasteiger partial charge is 0.433 e. The molecule has 4 rings (SSSR count). The topological polar surface area (TPSA) is 118 Å². The maximum absolute atomic E-state index is 13.8. The normalized spacial score (nSPS) is 17.9. The summed E-state index contributed by atoms with van der Waals surface area (Å²) < 4.78 is 47.4. The van der Waals surface area contributed by atoms with Gasteiger partial charge in [-0.1, -0.05) is 43.3 Å². The quantitative estimate of drug-likeness (QED) is 0.423. The molecule has 0 spiro atoms. The first-order chi connectivity index (χ1) is 17.5. The van der Waals surface area contributed by atoms with Crippen LogP contribution in [0.15, 0.2) is 35.0 Å². The number of halogens is 3. The Morgan fingerprint density at radius 2 is 1.95 bits per heavy atom. The van der Waals surface area contributed by atoms with E-state index in [0.717, 1.165) is 30.3 Å². The molecule has 37 heavy (non-hydrogen) atoms. The Bertz CT molecular complexity index is 1210. The number of aliphatic carboxylic acids is 1. The first-order valence-electron chi connectivity index (χ1n) is 12.2. The van der Waals surface area contributed by atoms with Gasteiger partial charge in [0, 0.05) is 31.6 Å². The van der Waals surface area contributed by atoms with Crippen molar-refractivity contribution in [1.82, 2.24) is 24.8 Å². The fraction of sp³-hybridized carbons (Fsp3) is 0.520. The molecule has 2 N–H and O–H groups in total. The summed E-state index contributed by atoms with van der Waals surface area (Å²) in [6.07, 6.45) is -2.46. The van der Waals surface area contributed by atoms with Crippen LogP contribution in [0.1, 0.15) is 50.5 Å². The molecule has 0 unspecified atom stereocenters. The molecule has 1 aliphatic rings. The lowest BCUT2D eigenvalue weighted by molar-refractivity contribution is -0.144. The standard InChI is InChI=1S/C25H30F3N5O4/c1-15(2)12-33-22(25(26,27)28)19(11-29-33)24-30-23(31-37-24)18-7-5-17(6-8-18)20(34)14-32-9-3-4-16(13-32)10-21(35)36/h5-8,11,15-16,20,34H,3-4,9-10,12-14H2,1-2H3,(H,35,36)/t16-,20-/m1/s1. The number of carbonyl (C=O) groups is 1. The van der Waals surface area contributed by atoms with Gasteiger partial charge in [-0.3, -0.25) is 9.48 Å². The lowest BCUT2D eigenvalue weighted by atomic mass is 9.94. The Morgan fingerprint density at radius 3 is 2.59 bits per heavy atom. The first kappa shape index (κ1) is 26.8. The van der Waals surface area contributed by atoms with Crippen LogP contribution < -0.4 is 0 Å². The van der Waals surface area contributed by atoms with Crippen molar-refractivity contribution >= 4 is 5.97 Å². The number of piperidine rings is 1. The zero-order valence-corrected chi connectivity index (χ0v) is 20.6. The second kappa shape index (κ2) is 11.0. The molecular weight excluding hydrogens is 491 g/mol. The van der Waals surface area contributed by atoms with E-state index >= 15 is 0 Å². The zero-order chi connectivity index (χ0) is 26.7. The predicted octanol–water partition coefficient (Wildman–Crippen LogP) is 4.50. The average Bonchev–Trinajstić information content (AvgIpc) is 3.46. The molecule has 2 atom stereocenters. The number of nitrogens with zero attached hydrogens (tertiary/aromatic N) is 5. The summed E-state index contributed by atoms with van der Waals surface area (Å²) in [4.78, 5) is 17.2. The molecular formula is C25H30F3N5O4. The third kappa shape index (κ3) is 6.55. The molecule has 1 aliphatic heterocycles. The van der Waals surface area contributed by atoms with Crippen molar-refractivity contribution in [3.8, 4) is 22.8 Å². The van der Waals surface area contributed by atoms with E-state index in [1.165, 1.54) is 0 Å². The van der Waals surface area contributed by atoms with Gasteiger partial charge in [0.1, 0.15) is 0 Å². The van der Waals surface area contributed by atoms with E-state index in [-0.39, 0.29) is 42.1 Å². The van der Waals surface area contributed by atoms with Crippen LogP contribution in [-0.2, 0) is 17.5 Å². The van der Waals surface area contributed by atoms with Crippen LogP contribution in [0.25, 0.3) is 22.8 Å². The minimum Gasteiger partial charge on any atom is -0.481 e. The number of hydrogen-bond donors (Lipinski definition) is 2. The minimum atomic E-state index is -4.64. The molecule has 9 nitrogen and oxygen atoms in total. The number of aliphatic hydroxyl groups is 1. The van der Waals surface area contributed by atoms with Crippen LogP contribution in [0.2, 0.25) is 0 Å². The Balaban J connectivity index is 1.46. The predicted molar refractivity (Wildman–Crippen MR) is 127 cm³/mol. The maximum Gasteiger partial charge on any atom is 0.433 e. The number of benzene rings is 1. The third-order valence-corrected chi connectivity index (χ3v) is 6.35. The van der Waals surface area contributed by atoms with Crippen molar-refractivity contribution in [3.63, 3.8) is 0 Å². The number of carboxylic acid groups (broad SMARTS) is 1.